The number of hydrogen-bond acceptors (Lipinski definition) is 8. The van der Waals surface area contributed by atoms with E-state index >= 15 is 3.32 Å². The van der Waals surface area contributed by atoms with Crippen LogP contribution in [-0.2, 0) is 45.1 Å². The van der Waals surface area contributed by atoms with Gasteiger partial charge in [0.05, 0.1) is 0 Å². The van der Waals surface area contributed by atoms with E-state index in [2.05, 4.69) is 13.8 Å². The molecule has 0 aromatic heterocycles. The first-order valence-corrected chi connectivity index (χ1v) is 25.1. The van der Waals surface area contributed by atoms with Gasteiger partial charge in [0.1, 0.15) is 0 Å². The Labute approximate surface area is 288 Å². The van der Waals surface area contributed by atoms with Gasteiger partial charge in [-0.15, -0.1) is 0 Å². The predicted molar refractivity (Wildman–Crippen MR) is 188 cm³/mol. The molecule has 0 fully saturated rings. The molecule has 268 valence electrons. The fourth-order valence-electron chi connectivity index (χ4n) is 6.02. The summed E-state index contributed by atoms with van der Waals surface area (Å²) in [5, 5.41) is 0. The van der Waals surface area contributed by atoms with E-state index in [0.29, 0.717) is 31.4 Å². The predicted octanol–water partition coefficient (Wildman–Crippen LogP) is 10.9. The van der Waals surface area contributed by atoms with Crippen molar-refractivity contribution < 1.29 is 41.7 Å². The summed E-state index contributed by atoms with van der Waals surface area (Å²) in [5.41, 5.74) is 6.13. The van der Waals surface area contributed by atoms with Crippen LogP contribution >= 0.6 is 0 Å². The van der Waals surface area contributed by atoms with Crippen LogP contribution in [0, 0.1) is 0 Å². The molecule has 11 heteroatoms. The molecular formula is C36H61NO7S2Ti. The van der Waals surface area contributed by atoms with Gasteiger partial charge in [-0.05, 0) is 0 Å². The van der Waals surface area contributed by atoms with Crippen LogP contribution in [0.5, 0.6) is 0 Å². The van der Waals surface area contributed by atoms with Crippen molar-refractivity contribution in [1.82, 2.24) is 0 Å². The molecule has 2 aromatic rings. The molecule has 0 unspecified atom stereocenters. The van der Waals surface area contributed by atoms with Crippen LogP contribution in [0.1, 0.15) is 142 Å². The van der Waals surface area contributed by atoms with Crippen molar-refractivity contribution in [1.29, 1.82) is 0 Å². The molecule has 0 atom stereocenters. The molecule has 0 aliphatic heterocycles. The standard InChI is InChI=1S/2C12H25.C6H7NO3S.C6H6O3S.O.Ti/c2*1-3-5-7-9-11-12-10-8-6-4-2;7-5-1-3-6(4-2-5)11(8,9)10;7-10(8,9)6-4-2-1-3-5-6;;/h2*1,3-12H2,2H3;1-4H,7H2,(H,8,9,10);1-5H,(H,7,8,9);;/q;;;;;+2/p-2. The first-order chi connectivity index (χ1) is 22.4. The quantitative estimate of drug-likeness (QED) is 0.0520. The second kappa shape index (κ2) is 21.6. The second-order valence-electron chi connectivity index (χ2n) is 13.2. The second-order valence-corrected chi connectivity index (χ2v) is 23.7. The van der Waals surface area contributed by atoms with Crippen LogP contribution < -0.4 is 5.73 Å². The molecule has 0 spiro atoms. The first kappa shape index (κ1) is 41.7. The van der Waals surface area contributed by atoms with Crippen LogP contribution in [0.15, 0.2) is 64.4 Å². The normalized spacial score (nSPS) is 12.8. The summed E-state index contributed by atoms with van der Waals surface area (Å²) < 4.78 is 80.9. The van der Waals surface area contributed by atoms with E-state index in [4.69, 9.17) is 11.3 Å². The van der Waals surface area contributed by atoms with Crippen LogP contribution in [0.25, 0.3) is 0 Å². The molecule has 2 N–H and O–H groups in total. The Bertz CT molecular complexity index is 1380. The molecule has 0 saturated carbocycles. The van der Waals surface area contributed by atoms with Crippen LogP contribution in [0.2, 0.25) is 9.45 Å². The maximum atomic E-state index is 15.4. The van der Waals surface area contributed by atoms with E-state index in [-0.39, 0.29) is 19.2 Å². The molecule has 47 heavy (non-hydrogen) atoms. The number of rotatable bonds is 28. The molecule has 0 heterocycles. The summed E-state index contributed by atoms with van der Waals surface area (Å²) in [6.07, 6.45) is 20.2. The Morgan fingerprint density at radius 3 is 1.17 bits per heavy atom. The van der Waals surface area contributed by atoms with E-state index in [9.17, 15) is 16.8 Å². The number of nitrogen functional groups attached to an aromatic ring is 1. The van der Waals surface area contributed by atoms with Gasteiger partial charge in [0, 0.05) is 0 Å². The van der Waals surface area contributed by atoms with E-state index in [0.717, 1.165) is 38.5 Å². The monoisotopic (exact) mass is 731 g/mol. The zero-order chi connectivity index (χ0) is 34.5. The number of nitrogens with two attached hydrogens (primary N) is 1. The third kappa shape index (κ3) is 16.2. The molecule has 0 amide bonds. The van der Waals surface area contributed by atoms with Crippen LogP contribution in [0.3, 0.4) is 0 Å². The minimum absolute atomic E-state index is 0.189. The van der Waals surface area contributed by atoms with Gasteiger partial charge < -0.3 is 0 Å². The Balaban J connectivity index is 2.26. The molecule has 0 aliphatic rings. The zero-order valence-corrected chi connectivity index (χ0v) is 32.2. The van der Waals surface area contributed by atoms with Gasteiger partial charge in [-0.1, -0.05) is 0 Å². The Morgan fingerprint density at radius 1 is 0.489 bits per heavy atom. The van der Waals surface area contributed by atoms with E-state index in [1.165, 1.54) is 101 Å². The average molecular weight is 732 g/mol. The van der Waals surface area contributed by atoms with Crippen molar-refractivity contribution in [3.63, 3.8) is 0 Å². The van der Waals surface area contributed by atoms with Gasteiger partial charge in [0.15, 0.2) is 0 Å². The Morgan fingerprint density at radius 2 is 0.809 bits per heavy atom. The maximum absolute atomic E-state index is 15.4. The zero-order valence-electron chi connectivity index (χ0n) is 29.0. The molecule has 0 radical (unpaired) electrons. The molecule has 0 bridgehead atoms. The first-order valence-electron chi connectivity index (χ1n) is 18.2. The molecule has 2 aromatic carbocycles. The minimum atomic E-state index is -6.53. The van der Waals surface area contributed by atoms with Crippen molar-refractivity contribution in [2.45, 2.75) is 162 Å². The SMILES string of the molecule is CCCCCCCCCCC[CH2][Ti](=[O])([CH2]CCCCCCCCCCC)([O]S(=O)(=O)c1ccccc1)[O]S(=O)(=O)c1ccc(N)cc1. The van der Waals surface area contributed by atoms with E-state index in [1.54, 1.807) is 18.2 Å². The summed E-state index contributed by atoms with van der Waals surface area (Å²) >= 11 is -6.53. The van der Waals surface area contributed by atoms with E-state index in [1.807, 2.05) is 0 Å². The van der Waals surface area contributed by atoms with E-state index < -0.39 is 36.3 Å². The fraction of sp³-hybridized carbons (Fsp3) is 0.667. The Hall–Kier alpha value is -1.43. The number of benzene rings is 2. The molecule has 0 saturated heterocycles. The van der Waals surface area contributed by atoms with Crippen molar-refractivity contribution >= 4 is 25.9 Å². The summed E-state index contributed by atoms with van der Waals surface area (Å²) in [6.45, 7) is 4.40. The third-order valence-electron chi connectivity index (χ3n) is 8.82. The summed E-state index contributed by atoms with van der Waals surface area (Å²) in [5.74, 6) is 0. The van der Waals surface area contributed by atoms with Gasteiger partial charge in [-0.25, -0.2) is 0 Å². The number of anilines is 1. The van der Waals surface area contributed by atoms with Crippen molar-refractivity contribution in [3.05, 3.63) is 54.6 Å². The van der Waals surface area contributed by atoms with Gasteiger partial charge in [0.25, 0.3) is 0 Å². The third-order valence-corrected chi connectivity index (χ3v) is 21.4. The van der Waals surface area contributed by atoms with Gasteiger partial charge >= 0.3 is 290 Å². The Kier molecular flexibility index (Phi) is 19.2. The fourth-order valence-corrected chi connectivity index (χ4v) is 19.3. The molecule has 0 aliphatic carbocycles. The van der Waals surface area contributed by atoms with Crippen molar-refractivity contribution in [2.75, 3.05) is 5.73 Å². The van der Waals surface area contributed by atoms with Crippen LogP contribution in [-0.4, -0.2) is 16.8 Å². The number of hydrogen-bond donors (Lipinski definition) is 1. The topological polar surface area (TPSA) is 130 Å². The molecule has 2 rings (SSSR count). The van der Waals surface area contributed by atoms with Gasteiger partial charge in [0.2, 0.25) is 0 Å². The average Bonchev–Trinajstić information content (AvgIpc) is 3.03. The van der Waals surface area contributed by atoms with Gasteiger partial charge in [-0.3, -0.25) is 0 Å². The summed E-state index contributed by atoms with van der Waals surface area (Å²) in [6, 6.07) is 12.8. The van der Waals surface area contributed by atoms with Gasteiger partial charge in [-0.2, -0.15) is 0 Å². The summed E-state index contributed by atoms with van der Waals surface area (Å²) in [4.78, 5) is -0.434. The molecular weight excluding hydrogens is 670 g/mol. The van der Waals surface area contributed by atoms with Crippen molar-refractivity contribution in [2.24, 2.45) is 0 Å². The number of unbranched alkanes of at least 4 members (excludes halogenated alkanes) is 18. The van der Waals surface area contributed by atoms with Crippen LogP contribution in [0.4, 0.5) is 5.69 Å². The van der Waals surface area contributed by atoms with Crippen molar-refractivity contribution in [3.8, 4) is 0 Å². The summed E-state index contributed by atoms with van der Waals surface area (Å²) in [7, 11) is -9.24. The molecule has 8 nitrogen and oxygen atoms in total.